The average Bonchev–Trinajstić information content (AvgIpc) is 3.36. The molecule has 154 valence electrons. The lowest BCUT2D eigenvalue weighted by molar-refractivity contribution is -0.159. The fourth-order valence-electron chi connectivity index (χ4n) is 5.04. The Morgan fingerprint density at radius 3 is 2.41 bits per heavy atom. The van der Waals surface area contributed by atoms with Gasteiger partial charge in [0, 0.05) is 10.7 Å². The van der Waals surface area contributed by atoms with Crippen LogP contribution >= 0.6 is 11.6 Å². The quantitative estimate of drug-likeness (QED) is 0.586. The van der Waals surface area contributed by atoms with Crippen LogP contribution in [-0.2, 0) is 23.9 Å². The third-order valence-electron chi connectivity index (χ3n) is 6.49. The van der Waals surface area contributed by atoms with Crippen LogP contribution in [0, 0.1) is 30.6 Å². The predicted molar refractivity (Wildman–Crippen MR) is 105 cm³/mol. The smallest absolute Gasteiger partial charge is 0.329 e. The molecule has 1 aromatic carbocycles. The Morgan fingerprint density at radius 1 is 1.21 bits per heavy atom. The molecule has 5 atom stereocenters. The highest BCUT2D eigenvalue weighted by Gasteiger charge is 2.62. The van der Waals surface area contributed by atoms with Gasteiger partial charge in [0.25, 0.3) is 5.91 Å². The first-order chi connectivity index (χ1) is 13.8. The number of aryl methyl sites for hydroxylation is 1. The number of rotatable bonds is 5. The number of nitrogens with one attached hydrogen (secondary N) is 1. The fourth-order valence-corrected chi connectivity index (χ4v) is 5.22. The Balaban J connectivity index is 1.34. The zero-order valence-corrected chi connectivity index (χ0v) is 17.1. The van der Waals surface area contributed by atoms with Crippen molar-refractivity contribution in [2.24, 2.45) is 23.7 Å². The normalized spacial score (nSPS) is 28.4. The highest BCUT2D eigenvalue weighted by Crippen LogP contribution is 2.56. The Bertz CT molecular complexity index is 873. The summed E-state index contributed by atoms with van der Waals surface area (Å²) in [6.45, 7) is 2.80. The van der Waals surface area contributed by atoms with Gasteiger partial charge in [-0.05, 0) is 62.6 Å². The van der Waals surface area contributed by atoms with Crippen LogP contribution in [0.4, 0.5) is 5.69 Å². The van der Waals surface area contributed by atoms with E-state index in [1.807, 2.05) is 6.92 Å². The number of carbonyl (C=O) groups is 4. The summed E-state index contributed by atoms with van der Waals surface area (Å²) in [5.41, 5.74) is 1.37. The number of fused-ring (bicyclic) bond motifs is 5. The van der Waals surface area contributed by atoms with Crippen LogP contribution in [0.3, 0.4) is 0 Å². The number of amides is 3. The molecule has 0 radical (unpaired) electrons. The first-order valence-electron chi connectivity index (χ1n) is 9.87. The number of carbonyl (C=O) groups excluding carboxylic acids is 4. The van der Waals surface area contributed by atoms with Gasteiger partial charge in [-0.3, -0.25) is 19.3 Å². The van der Waals surface area contributed by atoms with Crippen LogP contribution < -0.4 is 5.32 Å². The number of hydrogen-bond acceptors (Lipinski definition) is 5. The summed E-state index contributed by atoms with van der Waals surface area (Å²) >= 11 is 6.03. The van der Waals surface area contributed by atoms with Crippen molar-refractivity contribution in [1.82, 2.24) is 4.90 Å². The molecular weight excluding hydrogens is 396 g/mol. The zero-order chi connectivity index (χ0) is 20.9. The lowest BCUT2D eigenvalue weighted by atomic mass is 9.81. The van der Waals surface area contributed by atoms with E-state index in [1.165, 1.54) is 6.92 Å². The van der Waals surface area contributed by atoms with Crippen molar-refractivity contribution in [3.05, 3.63) is 28.8 Å². The van der Waals surface area contributed by atoms with Gasteiger partial charge in [-0.1, -0.05) is 17.7 Å². The number of benzene rings is 1. The summed E-state index contributed by atoms with van der Waals surface area (Å²) in [6, 6.07) is 4.02. The van der Waals surface area contributed by atoms with E-state index in [9.17, 15) is 19.2 Å². The number of nitrogens with zero attached hydrogens (tertiary/aromatic N) is 1. The van der Waals surface area contributed by atoms with Gasteiger partial charge in [0.15, 0.2) is 6.61 Å². The monoisotopic (exact) mass is 418 g/mol. The van der Waals surface area contributed by atoms with Crippen molar-refractivity contribution < 1.29 is 23.9 Å². The molecule has 0 aromatic heterocycles. The average molecular weight is 419 g/mol. The molecule has 29 heavy (non-hydrogen) atoms. The van der Waals surface area contributed by atoms with Crippen LogP contribution in [0.1, 0.15) is 31.7 Å². The van der Waals surface area contributed by atoms with Gasteiger partial charge < -0.3 is 10.1 Å². The number of esters is 1. The molecule has 0 unspecified atom stereocenters. The van der Waals surface area contributed by atoms with Gasteiger partial charge in [0.1, 0.15) is 6.04 Å². The Hall–Kier alpha value is -2.41. The summed E-state index contributed by atoms with van der Waals surface area (Å²) in [4.78, 5) is 51.1. The molecule has 2 saturated carbocycles. The van der Waals surface area contributed by atoms with E-state index in [0.29, 0.717) is 10.7 Å². The fraction of sp³-hybridized carbons (Fsp3) is 0.524. The minimum Gasteiger partial charge on any atom is -0.454 e. The number of halogens is 1. The van der Waals surface area contributed by atoms with Gasteiger partial charge >= 0.3 is 5.97 Å². The molecule has 7 nitrogen and oxygen atoms in total. The largest absolute Gasteiger partial charge is 0.454 e. The molecule has 3 fully saturated rings. The molecular formula is C21H23ClN2O5. The summed E-state index contributed by atoms with van der Waals surface area (Å²) in [5, 5.41) is 3.11. The second-order valence-electron chi connectivity index (χ2n) is 8.23. The Labute approximate surface area is 173 Å². The SMILES string of the molecule is Cc1ccc(NC(=O)COC(=O)[C@H](C)N2C(=O)[C@H]3[C@@H]4CC[C@H](C4)[C@@H]3C2=O)cc1Cl. The van der Waals surface area contributed by atoms with Gasteiger partial charge in [-0.15, -0.1) is 0 Å². The Morgan fingerprint density at radius 2 is 1.83 bits per heavy atom. The molecule has 8 heteroatoms. The third-order valence-corrected chi connectivity index (χ3v) is 6.90. The molecule has 2 aliphatic carbocycles. The van der Waals surface area contributed by atoms with E-state index >= 15 is 0 Å². The topological polar surface area (TPSA) is 92.8 Å². The van der Waals surface area contributed by atoms with E-state index in [0.717, 1.165) is 29.7 Å². The first kappa shape index (κ1) is 19.9. The van der Waals surface area contributed by atoms with E-state index in [1.54, 1.807) is 18.2 Å². The predicted octanol–water partition coefficient (Wildman–Crippen LogP) is 2.55. The third kappa shape index (κ3) is 3.41. The Kier molecular flexibility index (Phi) is 5.11. The van der Waals surface area contributed by atoms with Crippen LogP contribution in [0.15, 0.2) is 18.2 Å². The number of anilines is 1. The number of ether oxygens (including phenoxy) is 1. The van der Waals surface area contributed by atoms with Gasteiger partial charge in [0.2, 0.25) is 11.8 Å². The van der Waals surface area contributed by atoms with Crippen LogP contribution in [0.25, 0.3) is 0 Å². The minimum atomic E-state index is -1.04. The number of likely N-dealkylation sites (tertiary alicyclic amines) is 1. The van der Waals surface area contributed by atoms with Gasteiger partial charge in [-0.2, -0.15) is 0 Å². The summed E-state index contributed by atoms with van der Waals surface area (Å²) in [6.07, 6.45) is 2.88. The molecule has 2 bridgehead atoms. The van der Waals surface area contributed by atoms with Crippen LogP contribution in [-0.4, -0.2) is 41.2 Å². The molecule has 1 N–H and O–H groups in total. The van der Waals surface area contributed by atoms with E-state index < -0.39 is 24.5 Å². The van der Waals surface area contributed by atoms with Gasteiger partial charge in [-0.25, -0.2) is 4.79 Å². The summed E-state index contributed by atoms with van der Waals surface area (Å²) < 4.78 is 5.06. The van der Waals surface area contributed by atoms with Crippen LogP contribution in [0.2, 0.25) is 5.02 Å². The molecule has 0 spiro atoms. The molecule has 4 rings (SSSR count). The standard InChI is InChI=1S/C21H23ClN2O5/c1-10-3-6-14(8-15(10)22)23-16(25)9-29-21(28)11(2)24-19(26)17-12-4-5-13(7-12)18(17)20(24)27/h3,6,8,11-13,17-18H,4-5,7,9H2,1-2H3,(H,23,25)/t11-,12+,13+,17-,18-/m0/s1. The highest BCUT2D eigenvalue weighted by molar-refractivity contribution is 6.31. The van der Waals surface area contributed by atoms with E-state index in [4.69, 9.17) is 16.3 Å². The highest BCUT2D eigenvalue weighted by atomic mass is 35.5. The zero-order valence-electron chi connectivity index (χ0n) is 16.3. The number of imide groups is 1. The van der Waals surface area contributed by atoms with Crippen molar-refractivity contribution in [3.8, 4) is 0 Å². The lowest BCUT2D eigenvalue weighted by Gasteiger charge is -2.23. The van der Waals surface area contributed by atoms with Crippen molar-refractivity contribution in [2.45, 2.75) is 39.2 Å². The second-order valence-corrected chi connectivity index (χ2v) is 8.63. The van der Waals surface area contributed by atoms with E-state index in [2.05, 4.69) is 5.32 Å². The maximum atomic E-state index is 12.8. The molecule has 1 heterocycles. The number of hydrogen-bond donors (Lipinski definition) is 1. The molecule has 1 aromatic rings. The second kappa shape index (κ2) is 7.44. The maximum Gasteiger partial charge on any atom is 0.329 e. The first-order valence-corrected chi connectivity index (χ1v) is 10.2. The van der Waals surface area contributed by atoms with Crippen molar-refractivity contribution in [1.29, 1.82) is 0 Å². The maximum absolute atomic E-state index is 12.8. The molecule has 1 aliphatic heterocycles. The van der Waals surface area contributed by atoms with E-state index in [-0.39, 0.29) is 35.5 Å². The van der Waals surface area contributed by atoms with Crippen molar-refractivity contribution in [2.75, 3.05) is 11.9 Å². The van der Waals surface area contributed by atoms with Crippen molar-refractivity contribution >= 4 is 41.0 Å². The van der Waals surface area contributed by atoms with Gasteiger partial charge in [0.05, 0.1) is 11.8 Å². The van der Waals surface area contributed by atoms with Crippen LogP contribution in [0.5, 0.6) is 0 Å². The minimum absolute atomic E-state index is 0.252. The summed E-state index contributed by atoms with van der Waals surface area (Å²) in [7, 11) is 0. The molecule has 3 amide bonds. The molecule has 1 saturated heterocycles. The summed E-state index contributed by atoms with van der Waals surface area (Å²) in [5.74, 6) is -1.90. The van der Waals surface area contributed by atoms with Crippen molar-refractivity contribution in [3.63, 3.8) is 0 Å². The molecule has 3 aliphatic rings. The lowest BCUT2D eigenvalue weighted by Crippen LogP contribution is -2.45.